The van der Waals surface area contributed by atoms with Gasteiger partial charge in [-0.1, -0.05) is 26.0 Å². The summed E-state index contributed by atoms with van der Waals surface area (Å²) in [5, 5.41) is 5.42. The quantitative estimate of drug-likeness (QED) is 0.714. The van der Waals surface area contributed by atoms with Gasteiger partial charge in [0.25, 0.3) is 5.91 Å². The van der Waals surface area contributed by atoms with Gasteiger partial charge in [-0.05, 0) is 30.0 Å². The molecule has 0 saturated carbocycles. The van der Waals surface area contributed by atoms with Crippen LogP contribution in [0.2, 0.25) is 0 Å². The monoisotopic (exact) mass is 318 g/mol. The zero-order valence-electron chi connectivity index (χ0n) is 12.9. The number of anilines is 1. The van der Waals surface area contributed by atoms with E-state index in [1.165, 1.54) is 11.3 Å². The number of benzene rings is 1. The Balaban J connectivity index is 1.92. The van der Waals surface area contributed by atoms with E-state index in [9.17, 15) is 4.79 Å². The molecule has 1 amide bonds. The van der Waals surface area contributed by atoms with E-state index in [0.29, 0.717) is 23.8 Å². The average molecular weight is 318 g/mol. The molecule has 1 heterocycles. The summed E-state index contributed by atoms with van der Waals surface area (Å²) in [7, 11) is 0. The van der Waals surface area contributed by atoms with Crippen LogP contribution in [0.4, 0.5) is 5.69 Å². The zero-order valence-corrected chi connectivity index (χ0v) is 13.7. The molecular formula is C16H22N4OS. The minimum atomic E-state index is -0.184. The normalized spacial score (nSPS) is 12.4. The van der Waals surface area contributed by atoms with E-state index in [0.717, 1.165) is 17.0 Å². The summed E-state index contributed by atoms with van der Waals surface area (Å²) >= 11 is 1.44. The van der Waals surface area contributed by atoms with Crippen molar-refractivity contribution < 1.29 is 4.79 Å². The number of carbonyl (C=O) groups excluding carboxylic acids is 1. The van der Waals surface area contributed by atoms with Gasteiger partial charge >= 0.3 is 0 Å². The van der Waals surface area contributed by atoms with Crippen molar-refractivity contribution in [1.82, 2.24) is 10.3 Å². The minimum absolute atomic E-state index is 0.108. The Bertz CT molecular complexity index is 621. The van der Waals surface area contributed by atoms with Crippen molar-refractivity contribution in [1.29, 1.82) is 0 Å². The van der Waals surface area contributed by atoms with Crippen LogP contribution in [0.25, 0.3) is 0 Å². The lowest BCUT2D eigenvalue weighted by Gasteiger charge is -2.10. The van der Waals surface area contributed by atoms with E-state index in [-0.39, 0.29) is 11.9 Å². The number of amides is 1. The van der Waals surface area contributed by atoms with E-state index >= 15 is 0 Å². The Morgan fingerprint density at radius 3 is 2.64 bits per heavy atom. The van der Waals surface area contributed by atoms with Crippen LogP contribution in [-0.2, 0) is 6.54 Å². The highest BCUT2D eigenvalue weighted by atomic mass is 32.1. The van der Waals surface area contributed by atoms with Crippen molar-refractivity contribution in [3.05, 3.63) is 45.9 Å². The van der Waals surface area contributed by atoms with Gasteiger partial charge in [-0.15, -0.1) is 11.3 Å². The molecule has 5 N–H and O–H groups in total. The Labute approximate surface area is 134 Å². The summed E-state index contributed by atoms with van der Waals surface area (Å²) in [6, 6.07) is 7.30. The maximum atomic E-state index is 12.1. The van der Waals surface area contributed by atoms with E-state index in [1.54, 1.807) is 5.38 Å². The molecule has 0 aliphatic rings. The summed E-state index contributed by atoms with van der Waals surface area (Å²) in [6.45, 7) is 4.69. The van der Waals surface area contributed by atoms with E-state index in [4.69, 9.17) is 11.5 Å². The first kappa shape index (κ1) is 16.5. The van der Waals surface area contributed by atoms with Crippen LogP contribution in [0, 0.1) is 5.92 Å². The predicted octanol–water partition coefficient (Wildman–Crippen LogP) is 2.70. The molecule has 5 nitrogen and oxygen atoms in total. The summed E-state index contributed by atoms with van der Waals surface area (Å²) in [4.78, 5) is 16.5. The summed E-state index contributed by atoms with van der Waals surface area (Å²) in [5.41, 5.74) is 13.9. The van der Waals surface area contributed by atoms with Crippen LogP contribution in [0.3, 0.4) is 0 Å². The lowest BCUT2D eigenvalue weighted by Crippen LogP contribution is -2.23. The Kier molecular flexibility index (Phi) is 5.51. The highest BCUT2D eigenvalue weighted by Gasteiger charge is 2.16. The number of thiazole rings is 1. The number of hydrogen-bond acceptors (Lipinski definition) is 5. The third-order valence-electron chi connectivity index (χ3n) is 3.23. The molecule has 6 heteroatoms. The second kappa shape index (κ2) is 7.38. The minimum Gasteiger partial charge on any atom is -0.399 e. The number of nitrogens with one attached hydrogen (secondary N) is 1. The molecule has 1 aromatic carbocycles. The van der Waals surface area contributed by atoms with Crippen LogP contribution < -0.4 is 16.8 Å². The first-order chi connectivity index (χ1) is 10.5. The van der Waals surface area contributed by atoms with Crippen molar-refractivity contribution in [2.45, 2.75) is 32.9 Å². The van der Waals surface area contributed by atoms with Gasteiger partial charge in [-0.2, -0.15) is 0 Å². The van der Waals surface area contributed by atoms with Gasteiger partial charge < -0.3 is 16.8 Å². The van der Waals surface area contributed by atoms with Gasteiger partial charge in [0, 0.05) is 17.6 Å². The molecule has 2 rings (SSSR count). The topological polar surface area (TPSA) is 94.0 Å². The number of hydrogen-bond donors (Lipinski definition) is 3. The van der Waals surface area contributed by atoms with Crippen LogP contribution in [0.1, 0.15) is 47.4 Å². The fraction of sp³-hybridized carbons (Fsp3) is 0.375. The first-order valence-electron chi connectivity index (χ1n) is 7.29. The third kappa shape index (κ3) is 4.54. The molecule has 2 aromatic rings. The van der Waals surface area contributed by atoms with Crippen LogP contribution in [0.5, 0.6) is 0 Å². The number of rotatable bonds is 6. The molecule has 1 unspecified atom stereocenters. The zero-order chi connectivity index (χ0) is 16.1. The molecular weight excluding hydrogens is 296 g/mol. The van der Waals surface area contributed by atoms with Crippen molar-refractivity contribution in [3.8, 4) is 0 Å². The van der Waals surface area contributed by atoms with E-state index in [1.807, 2.05) is 24.3 Å². The second-order valence-corrected chi connectivity index (χ2v) is 6.62. The molecule has 22 heavy (non-hydrogen) atoms. The molecule has 118 valence electrons. The Morgan fingerprint density at radius 2 is 2.00 bits per heavy atom. The fourth-order valence-electron chi connectivity index (χ4n) is 2.08. The number of nitrogens with two attached hydrogens (primary N) is 2. The highest BCUT2D eigenvalue weighted by Crippen LogP contribution is 2.22. The van der Waals surface area contributed by atoms with Crippen molar-refractivity contribution in [2.24, 2.45) is 11.7 Å². The molecule has 0 aliphatic heterocycles. The summed E-state index contributed by atoms with van der Waals surface area (Å²) in [5.74, 6) is 0.317. The molecule has 1 aromatic heterocycles. The van der Waals surface area contributed by atoms with Crippen LogP contribution >= 0.6 is 11.3 Å². The predicted molar refractivity (Wildman–Crippen MR) is 90.5 cm³/mol. The number of aromatic nitrogens is 1. The maximum Gasteiger partial charge on any atom is 0.271 e. The van der Waals surface area contributed by atoms with Gasteiger partial charge in [0.1, 0.15) is 10.7 Å². The molecule has 0 saturated heterocycles. The maximum absolute atomic E-state index is 12.1. The molecule has 0 aliphatic carbocycles. The van der Waals surface area contributed by atoms with E-state index < -0.39 is 0 Å². The average Bonchev–Trinajstić information content (AvgIpc) is 2.95. The Hall–Kier alpha value is -1.92. The SMILES string of the molecule is CC(C)CC(N)c1nc(C(=O)NCc2ccc(N)cc2)cs1. The molecule has 0 spiro atoms. The van der Waals surface area contributed by atoms with Crippen molar-refractivity contribution in [2.75, 3.05) is 5.73 Å². The van der Waals surface area contributed by atoms with Crippen LogP contribution in [0.15, 0.2) is 29.6 Å². The molecule has 0 radical (unpaired) electrons. The van der Waals surface area contributed by atoms with Gasteiger partial charge in [0.05, 0.1) is 6.04 Å². The lowest BCUT2D eigenvalue weighted by atomic mass is 10.1. The summed E-state index contributed by atoms with van der Waals surface area (Å²) < 4.78 is 0. The number of nitrogen functional groups attached to an aromatic ring is 1. The lowest BCUT2D eigenvalue weighted by molar-refractivity contribution is 0.0946. The van der Waals surface area contributed by atoms with Gasteiger partial charge in [-0.25, -0.2) is 4.98 Å². The van der Waals surface area contributed by atoms with Gasteiger partial charge in [0.15, 0.2) is 0 Å². The summed E-state index contributed by atoms with van der Waals surface area (Å²) in [6.07, 6.45) is 0.861. The number of nitrogens with zero attached hydrogens (tertiary/aromatic N) is 1. The molecule has 0 bridgehead atoms. The number of carbonyl (C=O) groups is 1. The smallest absolute Gasteiger partial charge is 0.271 e. The van der Waals surface area contributed by atoms with Gasteiger partial charge in [-0.3, -0.25) is 4.79 Å². The Morgan fingerprint density at radius 1 is 1.32 bits per heavy atom. The third-order valence-corrected chi connectivity index (χ3v) is 4.21. The largest absolute Gasteiger partial charge is 0.399 e. The molecule has 0 fully saturated rings. The highest BCUT2D eigenvalue weighted by molar-refractivity contribution is 7.09. The second-order valence-electron chi connectivity index (χ2n) is 5.73. The van der Waals surface area contributed by atoms with Crippen molar-refractivity contribution >= 4 is 22.9 Å². The standard InChI is InChI=1S/C16H22N4OS/c1-10(2)7-13(18)16-20-14(9-22-16)15(21)19-8-11-3-5-12(17)6-4-11/h3-6,9-10,13H,7-8,17-18H2,1-2H3,(H,19,21). The van der Waals surface area contributed by atoms with E-state index in [2.05, 4.69) is 24.1 Å². The molecule has 1 atom stereocenters. The van der Waals surface area contributed by atoms with Gasteiger partial charge in [0.2, 0.25) is 0 Å². The fourth-order valence-corrected chi connectivity index (χ4v) is 2.89. The van der Waals surface area contributed by atoms with Crippen molar-refractivity contribution in [3.63, 3.8) is 0 Å². The van der Waals surface area contributed by atoms with Crippen LogP contribution in [-0.4, -0.2) is 10.9 Å². The first-order valence-corrected chi connectivity index (χ1v) is 8.17.